The molecule has 3 heterocycles. The Morgan fingerprint density at radius 2 is 1.62 bits per heavy atom. The van der Waals surface area contributed by atoms with Crippen molar-refractivity contribution < 1.29 is 14.2 Å². The number of rotatable bonds is 6. The molecule has 0 radical (unpaired) electrons. The molecule has 0 spiro atoms. The summed E-state index contributed by atoms with van der Waals surface area (Å²) in [6.45, 7) is 9.46. The Morgan fingerprint density at radius 1 is 0.946 bits per heavy atom. The van der Waals surface area contributed by atoms with E-state index >= 15 is 0 Å². The number of benzene rings is 2. The predicted octanol–water partition coefficient (Wildman–Crippen LogP) is 4.36. The van der Waals surface area contributed by atoms with Crippen molar-refractivity contribution in [2.45, 2.75) is 39.3 Å². The van der Waals surface area contributed by atoms with Crippen LogP contribution in [0.2, 0.25) is 0 Å². The van der Waals surface area contributed by atoms with Crippen LogP contribution < -0.4 is 20.7 Å². The molecule has 0 fully saturated rings. The van der Waals surface area contributed by atoms with Crippen LogP contribution in [0.1, 0.15) is 45.1 Å². The lowest BCUT2D eigenvalue weighted by molar-refractivity contribution is -0.00718. The number of aryl methyl sites for hydroxylation is 1. The molecule has 0 unspecified atom stereocenters. The molecule has 1 aliphatic rings. The number of aromatic nitrogens is 3. The average molecular weight is 504 g/mol. The van der Waals surface area contributed by atoms with E-state index in [0.29, 0.717) is 42.2 Å². The first-order valence-corrected chi connectivity index (χ1v) is 12.6. The molecule has 0 saturated heterocycles. The molecule has 4 aromatic rings. The van der Waals surface area contributed by atoms with Gasteiger partial charge in [0.25, 0.3) is 5.56 Å². The molecular weight excluding hydrogens is 470 g/mol. The Labute approximate surface area is 215 Å². The molecule has 1 aliphatic heterocycles. The maximum atomic E-state index is 13.7. The summed E-state index contributed by atoms with van der Waals surface area (Å²) in [6.07, 6.45) is -0.527. The lowest BCUT2D eigenvalue weighted by atomic mass is 9.97. The van der Waals surface area contributed by atoms with Crippen molar-refractivity contribution in [1.82, 2.24) is 13.7 Å². The third kappa shape index (κ3) is 3.87. The summed E-state index contributed by atoms with van der Waals surface area (Å²) in [5, 5.41) is 0.505. The average Bonchev–Trinajstić information content (AvgIpc) is 3.26. The number of hydrogen-bond donors (Lipinski definition) is 0. The van der Waals surface area contributed by atoms with E-state index in [1.165, 1.54) is 11.6 Å². The fraction of sp³-hybridized carbons (Fsp3) is 0.379. The number of nitrogens with zero attached hydrogens (tertiary/aromatic N) is 3. The zero-order valence-electron chi connectivity index (χ0n) is 22.2. The van der Waals surface area contributed by atoms with Gasteiger partial charge in [-0.2, -0.15) is 0 Å². The van der Waals surface area contributed by atoms with Gasteiger partial charge in [-0.25, -0.2) is 4.79 Å². The molecule has 0 bridgehead atoms. The summed E-state index contributed by atoms with van der Waals surface area (Å²) >= 11 is 0. The fourth-order valence-corrected chi connectivity index (χ4v) is 5.35. The highest BCUT2D eigenvalue weighted by Gasteiger charge is 2.40. The second-order valence-electron chi connectivity index (χ2n) is 9.94. The summed E-state index contributed by atoms with van der Waals surface area (Å²) in [4.78, 5) is 26.8. The lowest BCUT2D eigenvalue weighted by Gasteiger charge is -2.39. The predicted molar refractivity (Wildman–Crippen MR) is 144 cm³/mol. The summed E-state index contributed by atoms with van der Waals surface area (Å²) < 4.78 is 23.1. The van der Waals surface area contributed by atoms with Crippen LogP contribution in [0.25, 0.3) is 22.2 Å². The minimum Gasteiger partial charge on any atom is -0.490 e. The second kappa shape index (κ2) is 9.27. The van der Waals surface area contributed by atoms with E-state index in [0.717, 1.165) is 22.5 Å². The molecular formula is C29H33N3O5. The van der Waals surface area contributed by atoms with Gasteiger partial charge in [0.05, 0.1) is 47.7 Å². The molecule has 0 aliphatic carbocycles. The van der Waals surface area contributed by atoms with Crippen molar-refractivity contribution in [3.05, 3.63) is 80.6 Å². The highest BCUT2D eigenvalue weighted by atomic mass is 16.5. The minimum absolute atomic E-state index is 0.324. The molecule has 0 N–H and O–H groups in total. The zero-order chi connectivity index (χ0) is 26.5. The number of hydrogen-bond acceptors (Lipinski definition) is 5. The molecule has 8 heteroatoms. The summed E-state index contributed by atoms with van der Waals surface area (Å²) in [5.41, 5.74) is 2.72. The van der Waals surface area contributed by atoms with Crippen molar-refractivity contribution in [3.8, 4) is 22.8 Å². The van der Waals surface area contributed by atoms with E-state index < -0.39 is 11.6 Å². The van der Waals surface area contributed by atoms with Crippen molar-refractivity contribution in [3.63, 3.8) is 0 Å². The van der Waals surface area contributed by atoms with Crippen molar-refractivity contribution >= 4 is 10.9 Å². The third-order valence-electron chi connectivity index (χ3n) is 6.98. The van der Waals surface area contributed by atoms with E-state index in [-0.39, 0.29) is 11.2 Å². The van der Waals surface area contributed by atoms with Gasteiger partial charge in [0, 0.05) is 14.1 Å². The van der Waals surface area contributed by atoms with Gasteiger partial charge in [0.2, 0.25) is 0 Å². The largest absolute Gasteiger partial charge is 0.490 e. The molecule has 2 aromatic carbocycles. The van der Waals surface area contributed by atoms with Gasteiger partial charge >= 0.3 is 5.69 Å². The number of ether oxygens (including phenoxy) is 3. The molecule has 194 valence electrons. The first kappa shape index (κ1) is 24.9. The minimum atomic E-state index is -0.527. The van der Waals surface area contributed by atoms with Gasteiger partial charge in [0.1, 0.15) is 6.10 Å². The van der Waals surface area contributed by atoms with E-state index in [9.17, 15) is 9.59 Å². The standard InChI is InChI=1S/C29H33N3O5/c1-7-35-20-15-14-19(16-21(20)36-8-2)26-25-24-22(27(33)31(6)28(34)30(24)5)23(18-12-10-9-11-13-18)32(25)29(3,4)17-37-26/h9-16,26H,7-8,17H2,1-6H3/t26-/m1/s1. The van der Waals surface area contributed by atoms with Crippen LogP contribution in [0.3, 0.4) is 0 Å². The van der Waals surface area contributed by atoms with Crippen LogP contribution in [-0.4, -0.2) is 33.5 Å². The van der Waals surface area contributed by atoms with Crippen LogP contribution in [0.5, 0.6) is 11.5 Å². The van der Waals surface area contributed by atoms with Crippen LogP contribution in [0.15, 0.2) is 58.1 Å². The third-order valence-corrected chi connectivity index (χ3v) is 6.98. The molecule has 2 aromatic heterocycles. The maximum absolute atomic E-state index is 13.7. The van der Waals surface area contributed by atoms with Gasteiger partial charge in [0.15, 0.2) is 11.5 Å². The molecule has 8 nitrogen and oxygen atoms in total. The smallest absolute Gasteiger partial charge is 0.331 e. The summed E-state index contributed by atoms with van der Waals surface area (Å²) in [5.74, 6) is 1.29. The topological polar surface area (TPSA) is 76.6 Å². The Balaban J connectivity index is 1.90. The highest BCUT2D eigenvalue weighted by Crippen LogP contribution is 2.46. The molecule has 0 saturated carbocycles. The first-order chi connectivity index (χ1) is 17.7. The van der Waals surface area contributed by atoms with Crippen LogP contribution in [0, 0.1) is 0 Å². The van der Waals surface area contributed by atoms with E-state index in [4.69, 9.17) is 14.2 Å². The molecule has 5 rings (SSSR count). The normalized spacial score (nSPS) is 16.5. The number of fused-ring (bicyclic) bond motifs is 3. The molecule has 1 atom stereocenters. The fourth-order valence-electron chi connectivity index (χ4n) is 5.35. The van der Waals surface area contributed by atoms with Gasteiger partial charge < -0.3 is 18.8 Å². The van der Waals surface area contributed by atoms with Crippen LogP contribution in [-0.2, 0) is 24.4 Å². The quantitative estimate of drug-likeness (QED) is 0.391. The molecule has 0 amide bonds. The Kier molecular flexibility index (Phi) is 6.23. The van der Waals surface area contributed by atoms with Gasteiger partial charge in [-0.05, 0) is 51.0 Å². The van der Waals surface area contributed by atoms with Crippen molar-refractivity contribution in [2.75, 3.05) is 19.8 Å². The highest BCUT2D eigenvalue weighted by molar-refractivity contribution is 5.96. The van der Waals surface area contributed by atoms with Crippen molar-refractivity contribution in [1.29, 1.82) is 0 Å². The first-order valence-electron chi connectivity index (χ1n) is 12.6. The van der Waals surface area contributed by atoms with Crippen molar-refractivity contribution in [2.24, 2.45) is 14.1 Å². The second-order valence-corrected chi connectivity index (χ2v) is 9.94. The summed E-state index contributed by atoms with van der Waals surface area (Å²) in [7, 11) is 3.23. The Morgan fingerprint density at radius 3 is 2.30 bits per heavy atom. The van der Waals surface area contributed by atoms with E-state index in [2.05, 4.69) is 18.4 Å². The van der Waals surface area contributed by atoms with Gasteiger partial charge in [-0.3, -0.25) is 13.9 Å². The Bertz CT molecular complexity index is 1590. The zero-order valence-corrected chi connectivity index (χ0v) is 22.2. The van der Waals surface area contributed by atoms with Crippen LogP contribution >= 0.6 is 0 Å². The lowest BCUT2D eigenvalue weighted by Crippen LogP contribution is -2.40. The summed E-state index contributed by atoms with van der Waals surface area (Å²) in [6, 6.07) is 15.6. The monoisotopic (exact) mass is 503 g/mol. The van der Waals surface area contributed by atoms with E-state index in [1.54, 1.807) is 11.6 Å². The van der Waals surface area contributed by atoms with Gasteiger partial charge in [-0.15, -0.1) is 0 Å². The van der Waals surface area contributed by atoms with Crippen LogP contribution in [0.4, 0.5) is 0 Å². The van der Waals surface area contributed by atoms with Gasteiger partial charge in [-0.1, -0.05) is 36.4 Å². The van der Waals surface area contributed by atoms with E-state index in [1.807, 2.05) is 62.4 Å². The Hall–Kier alpha value is -3.78. The SMILES string of the molecule is CCOc1ccc([C@H]2OCC(C)(C)n3c(-c4ccccc4)c4c(=O)n(C)c(=O)n(C)c4c32)cc1OCC. The molecule has 37 heavy (non-hydrogen) atoms. The maximum Gasteiger partial charge on any atom is 0.331 e.